The van der Waals surface area contributed by atoms with Gasteiger partial charge in [0.2, 0.25) is 0 Å². The van der Waals surface area contributed by atoms with Crippen LogP contribution in [0.4, 0.5) is 18.9 Å². The molecule has 0 fully saturated rings. The van der Waals surface area contributed by atoms with E-state index in [1.54, 1.807) is 12.1 Å². The minimum absolute atomic E-state index is 0.244. The molecule has 21 heavy (non-hydrogen) atoms. The van der Waals surface area contributed by atoms with Gasteiger partial charge in [-0.25, -0.2) is 0 Å². The number of hydrogen-bond acceptors (Lipinski definition) is 2. The van der Waals surface area contributed by atoms with E-state index in [9.17, 15) is 13.2 Å². The Labute approximate surface area is 124 Å². The maximum Gasteiger partial charge on any atom is 0.573 e. The molecule has 0 aliphatic carbocycles. The van der Waals surface area contributed by atoms with Gasteiger partial charge in [-0.15, -0.1) is 13.2 Å². The summed E-state index contributed by atoms with van der Waals surface area (Å²) in [4.78, 5) is 1.84. The highest BCUT2D eigenvalue weighted by atomic mass is 19.4. The third kappa shape index (κ3) is 5.98. The highest BCUT2D eigenvalue weighted by Gasteiger charge is 2.30. The van der Waals surface area contributed by atoms with Crippen molar-refractivity contribution in [3.05, 3.63) is 47.7 Å². The Morgan fingerprint density at radius 3 is 2.24 bits per heavy atom. The van der Waals surface area contributed by atoms with Gasteiger partial charge in [0.05, 0.1) is 7.85 Å². The summed E-state index contributed by atoms with van der Waals surface area (Å²) in [5.41, 5.74) is 2.71. The maximum atomic E-state index is 12.1. The fraction of sp³-hybridized carbons (Fsp3) is 0.333. The van der Waals surface area contributed by atoms with Crippen LogP contribution >= 0.6 is 0 Å². The maximum absolute atomic E-state index is 12.1. The van der Waals surface area contributed by atoms with Crippen LogP contribution in [0.2, 0.25) is 6.32 Å². The summed E-state index contributed by atoms with van der Waals surface area (Å²) >= 11 is 0. The van der Waals surface area contributed by atoms with Crippen molar-refractivity contribution in [2.24, 2.45) is 0 Å². The number of halogens is 3. The molecular formula is C15H17BF3NO. The van der Waals surface area contributed by atoms with Gasteiger partial charge in [-0.05, 0) is 44.2 Å². The normalized spacial score (nSPS) is 12.0. The van der Waals surface area contributed by atoms with Gasteiger partial charge < -0.3 is 9.64 Å². The number of likely N-dealkylation sites (N-methyl/N-ethyl adjacent to an activating group) is 1. The van der Waals surface area contributed by atoms with Crippen LogP contribution in [0.5, 0.6) is 5.75 Å². The Morgan fingerprint density at radius 2 is 1.81 bits per heavy atom. The molecule has 6 heteroatoms. The van der Waals surface area contributed by atoms with E-state index in [4.69, 9.17) is 7.85 Å². The lowest BCUT2D eigenvalue weighted by atomic mass is 10.0. The molecule has 1 rings (SSSR count). The molecule has 0 spiro atoms. The summed E-state index contributed by atoms with van der Waals surface area (Å²) in [7, 11) is 7.36. The molecule has 0 bridgehead atoms. The molecule has 0 aromatic heterocycles. The first-order valence-electron chi connectivity index (χ1n) is 6.37. The molecule has 0 saturated heterocycles. The molecule has 0 amide bonds. The molecule has 0 N–H and O–H groups in total. The number of hydrogen-bond donors (Lipinski definition) is 0. The van der Waals surface area contributed by atoms with E-state index < -0.39 is 6.36 Å². The zero-order valence-corrected chi connectivity index (χ0v) is 12.2. The van der Waals surface area contributed by atoms with Crippen molar-refractivity contribution >= 4 is 13.5 Å². The second-order valence-corrected chi connectivity index (χ2v) is 4.69. The van der Waals surface area contributed by atoms with E-state index in [-0.39, 0.29) is 5.75 Å². The van der Waals surface area contributed by atoms with Gasteiger partial charge in [0.15, 0.2) is 0 Å². The minimum atomic E-state index is -4.68. The number of rotatable bonds is 5. The Kier molecular flexibility index (Phi) is 5.94. The summed E-state index contributed by atoms with van der Waals surface area (Å²) in [6, 6.07) is 5.68. The van der Waals surface area contributed by atoms with Gasteiger partial charge in [-0.2, -0.15) is 0 Å². The Morgan fingerprint density at radius 1 is 1.24 bits per heavy atom. The molecule has 0 saturated carbocycles. The molecule has 2 radical (unpaired) electrons. The minimum Gasteiger partial charge on any atom is -0.406 e. The molecule has 0 atom stereocenters. The predicted octanol–water partition coefficient (Wildman–Crippen LogP) is 4.46. The summed E-state index contributed by atoms with van der Waals surface area (Å²) in [5, 5.41) is 0. The van der Waals surface area contributed by atoms with Crippen molar-refractivity contribution < 1.29 is 17.9 Å². The van der Waals surface area contributed by atoms with Crippen LogP contribution in [-0.4, -0.2) is 21.3 Å². The fourth-order valence-electron chi connectivity index (χ4n) is 1.73. The molecule has 0 aliphatic heterocycles. The van der Waals surface area contributed by atoms with Crippen molar-refractivity contribution in [3.63, 3.8) is 0 Å². The van der Waals surface area contributed by atoms with E-state index in [0.717, 1.165) is 17.0 Å². The first-order chi connectivity index (χ1) is 9.73. The third-order valence-corrected chi connectivity index (χ3v) is 2.61. The van der Waals surface area contributed by atoms with Crippen molar-refractivity contribution in [2.45, 2.75) is 26.5 Å². The van der Waals surface area contributed by atoms with Crippen LogP contribution in [0.3, 0.4) is 0 Å². The van der Waals surface area contributed by atoms with E-state index in [0.29, 0.717) is 6.32 Å². The summed E-state index contributed by atoms with van der Waals surface area (Å²) < 4.78 is 40.2. The molecule has 0 heterocycles. The van der Waals surface area contributed by atoms with Crippen LogP contribution in [0.1, 0.15) is 13.8 Å². The van der Waals surface area contributed by atoms with Crippen LogP contribution in [0.15, 0.2) is 47.7 Å². The van der Waals surface area contributed by atoms with Gasteiger partial charge in [-0.1, -0.05) is 18.0 Å². The summed E-state index contributed by atoms with van der Waals surface area (Å²) in [5.74, 6) is -0.244. The standard InChI is InChI=1S/C15H17BF3NO/c1-11(2)10-13(8-9-16)20(3)12-4-6-14(7-5-12)21-15(17,18)19/h4-8,10H,9H2,1-3H3/b13-8-. The molecule has 0 aliphatic rings. The second kappa shape index (κ2) is 7.25. The monoisotopic (exact) mass is 295 g/mol. The molecule has 0 unspecified atom stereocenters. The Balaban J connectivity index is 2.94. The topological polar surface area (TPSA) is 12.5 Å². The zero-order chi connectivity index (χ0) is 16.0. The zero-order valence-electron chi connectivity index (χ0n) is 12.2. The number of nitrogens with zero attached hydrogens (tertiary/aromatic N) is 1. The lowest BCUT2D eigenvalue weighted by molar-refractivity contribution is -0.274. The van der Waals surface area contributed by atoms with E-state index in [1.165, 1.54) is 12.1 Å². The SMILES string of the molecule is [B]C/C=C(/C=C(C)C)N(C)c1ccc(OC(F)(F)F)cc1. The lowest BCUT2D eigenvalue weighted by Crippen LogP contribution is -2.18. The lowest BCUT2D eigenvalue weighted by Gasteiger charge is -2.21. The van der Waals surface area contributed by atoms with Gasteiger partial charge in [0.25, 0.3) is 0 Å². The fourth-order valence-corrected chi connectivity index (χ4v) is 1.73. The highest BCUT2D eigenvalue weighted by Crippen LogP contribution is 2.26. The van der Waals surface area contributed by atoms with Gasteiger partial charge in [0.1, 0.15) is 5.75 Å². The van der Waals surface area contributed by atoms with Crippen molar-refractivity contribution in [2.75, 3.05) is 11.9 Å². The van der Waals surface area contributed by atoms with Crippen LogP contribution < -0.4 is 9.64 Å². The molecule has 1 aromatic rings. The number of allylic oxidation sites excluding steroid dienone is 3. The van der Waals surface area contributed by atoms with Crippen molar-refractivity contribution in [3.8, 4) is 5.75 Å². The first-order valence-corrected chi connectivity index (χ1v) is 6.37. The molecule has 2 nitrogen and oxygen atoms in total. The molecular weight excluding hydrogens is 278 g/mol. The largest absolute Gasteiger partial charge is 0.573 e. The van der Waals surface area contributed by atoms with E-state index in [2.05, 4.69) is 4.74 Å². The number of anilines is 1. The molecule has 1 aromatic carbocycles. The second-order valence-electron chi connectivity index (χ2n) is 4.69. The number of benzene rings is 1. The van der Waals surface area contributed by atoms with Gasteiger partial charge in [0, 0.05) is 18.4 Å². The van der Waals surface area contributed by atoms with Crippen molar-refractivity contribution in [1.82, 2.24) is 0 Å². The summed E-state index contributed by atoms with van der Waals surface area (Å²) in [6.45, 7) is 3.91. The Hall–Kier alpha value is -1.85. The predicted molar refractivity (Wildman–Crippen MR) is 79.6 cm³/mol. The highest BCUT2D eigenvalue weighted by molar-refractivity contribution is 6.09. The first kappa shape index (κ1) is 17.2. The average Bonchev–Trinajstić information content (AvgIpc) is 2.36. The van der Waals surface area contributed by atoms with Crippen LogP contribution in [-0.2, 0) is 0 Å². The molecule has 112 valence electrons. The van der Waals surface area contributed by atoms with Gasteiger partial charge >= 0.3 is 6.36 Å². The van der Waals surface area contributed by atoms with Crippen molar-refractivity contribution in [1.29, 1.82) is 0 Å². The number of alkyl halides is 3. The quantitative estimate of drug-likeness (QED) is 0.587. The van der Waals surface area contributed by atoms with E-state index >= 15 is 0 Å². The van der Waals surface area contributed by atoms with Crippen LogP contribution in [0.25, 0.3) is 0 Å². The number of ether oxygens (including phenoxy) is 1. The van der Waals surface area contributed by atoms with Gasteiger partial charge in [-0.3, -0.25) is 0 Å². The summed E-state index contributed by atoms with van der Waals surface area (Å²) in [6.07, 6.45) is -0.515. The van der Waals surface area contributed by atoms with E-state index in [1.807, 2.05) is 37.9 Å². The Bertz CT molecular complexity index is 517. The third-order valence-electron chi connectivity index (χ3n) is 2.61. The average molecular weight is 295 g/mol. The van der Waals surface area contributed by atoms with Crippen LogP contribution in [0, 0.1) is 0 Å². The smallest absolute Gasteiger partial charge is 0.406 e.